The zero-order valence-corrected chi connectivity index (χ0v) is 13.5. The monoisotopic (exact) mass is 289 g/mol. The van der Waals surface area contributed by atoms with Crippen LogP contribution in [0.15, 0.2) is 18.2 Å². The Hall–Kier alpha value is -1.22. The van der Waals surface area contributed by atoms with E-state index in [1.54, 1.807) is 14.2 Å². The SMILES string of the molecule is CCNCC1(c2ccc(OC)c(OC)c2)CC2(CCC2)C1. The number of methoxy groups -OCH3 is 2. The summed E-state index contributed by atoms with van der Waals surface area (Å²) in [4.78, 5) is 0. The Labute approximate surface area is 128 Å². The first-order valence-corrected chi connectivity index (χ1v) is 8.10. The summed E-state index contributed by atoms with van der Waals surface area (Å²) < 4.78 is 10.9. The van der Waals surface area contributed by atoms with Crippen molar-refractivity contribution in [1.82, 2.24) is 5.32 Å². The molecule has 0 saturated heterocycles. The Morgan fingerprint density at radius 3 is 2.33 bits per heavy atom. The summed E-state index contributed by atoms with van der Waals surface area (Å²) in [5.41, 5.74) is 2.34. The number of ether oxygens (including phenoxy) is 2. The lowest BCUT2D eigenvalue weighted by molar-refractivity contribution is -0.0481. The van der Waals surface area contributed by atoms with E-state index in [-0.39, 0.29) is 5.41 Å². The van der Waals surface area contributed by atoms with Gasteiger partial charge in [-0.15, -0.1) is 0 Å². The Balaban J connectivity index is 1.86. The normalized spacial score (nSPS) is 21.5. The second kappa shape index (κ2) is 5.53. The standard InChI is InChI=1S/C18H27NO2/c1-4-19-13-18(11-17(12-18)8-5-9-17)14-6-7-15(20-2)16(10-14)21-3/h6-7,10,19H,4-5,8-9,11-13H2,1-3H3. The van der Waals surface area contributed by atoms with Gasteiger partial charge in [-0.1, -0.05) is 19.4 Å². The Morgan fingerprint density at radius 1 is 1.10 bits per heavy atom. The molecule has 0 bridgehead atoms. The molecule has 2 saturated carbocycles. The quantitative estimate of drug-likeness (QED) is 0.869. The molecule has 1 aromatic carbocycles. The summed E-state index contributed by atoms with van der Waals surface area (Å²) in [6.07, 6.45) is 6.91. The average Bonchev–Trinajstić information content (AvgIpc) is 2.44. The molecule has 0 radical (unpaired) electrons. The molecule has 2 fully saturated rings. The van der Waals surface area contributed by atoms with E-state index in [0.717, 1.165) is 24.6 Å². The highest BCUT2D eigenvalue weighted by molar-refractivity contribution is 5.46. The maximum absolute atomic E-state index is 5.49. The lowest BCUT2D eigenvalue weighted by atomic mass is 9.43. The van der Waals surface area contributed by atoms with E-state index < -0.39 is 0 Å². The fraction of sp³-hybridized carbons (Fsp3) is 0.667. The Morgan fingerprint density at radius 2 is 1.81 bits per heavy atom. The van der Waals surface area contributed by atoms with Gasteiger partial charge in [0.1, 0.15) is 0 Å². The smallest absolute Gasteiger partial charge is 0.161 e. The third-order valence-electron chi connectivity index (χ3n) is 5.55. The van der Waals surface area contributed by atoms with Crippen molar-refractivity contribution in [2.45, 2.75) is 44.4 Å². The van der Waals surface area contributed by atoms with E-state index in [2.05, 4.69) is 24.4 Å². The highest BCUT2D eigenvalue weighted by Gasteiger charge is 2.57. The molecule has 21 heavy (non-hydrogen) atoms. The van der Waals surface area contributed by atoms with Crippen LogP contribution in [-0.2, 0) is 5.41 Å². The van der Waals surface area contributed by atoms with Gasteiger partial charge < -0.3 is 14.8 Å². The van der Waals surface area contributed by atoms with Gasteiger partial charge in [0.05, 0.1) is 14.2 Å². The summed E-state index contributed by atoms with van der Waals surface area (Å²) in [5.74, 6) is 1.66. The summed E-state index contributed by atoms with van der Waals surface area (Å²) in [7, 11) is 3.41. The Kier molecular flexibility index (Phi) is 3.87. The maximum Gasteiger partial charge on any atom is 0.161 e. The summed E-state index contributed by atoms with van der Waals surface area (Å²) in [5, 5.41) is 3.57. The molecule has 0 heterocycles. The summed E-state index contributed by atoms with van der Waals surface area (Å²) >= 11 is 0. The van der Waals surface area contributed by atoms with E-state index in [0.29, 0.717) is 5.41 Å². The molecular weight excluding hydrogens is 262 g/mol. The average molecular weight is 289 g/mol. The van der Waals surface area contributed by atoms with Crippen molar-refractivity contribution in [3.63, 3.8) is 0 Å². The molecule has 0 atom stereocenters. The second-order valence-corrected chi connectivity index (χ2v) is 6.84. The first-order chi connectivity index (χ1) is 10.2. The number of benzene rings is 1. The molecule has 0 aliphatic heterocycles. The van der Waals surface area contributed by atoms with Gasteiger partial charge in [0.2, 0.25) is 0 Å². The highest BCUT2D eigenvalue weighted by Crippen LogP contribution is 2.65. The van der Waals surface area contributed by atoms with Crippen molar-refractivity contribution in [3.8, 4) is 11.5 Å². The fourth-order valence-corrected chi connectivity index (χ4v) is 4.38. The van der Waals surface area contributed by atoms with Crippen molar-refractivity contribution in [2.24, 2.45) is 5.41 Å². The van der Waals surface area contributed by atoms with Crippen LogP contribution >= 0.6 is 0 Å². The molecule has 2 aliphatic carbocycles. The molecule has 0 aromatic heterocycles. The molecule has 2 aliphatic rings. The van der Waals surface area contributed by atoms with Crippen LogP contribution in [-0.4, -0.2) is 27.3 Å². The van der Waals surface area contributed by atoms with Crippen LogP contribution in [0.3, 0.4) is 0 Å². The van der Waals surface area contributed by atoms with Gasteiger partial charge in [-0.2, -0.15) is 0 Å². The van der Waals surface area contributed by atoms with Crippen LogP contribution in [0.5, 0.6) is 11.5 Å². The van der Waals surface area contributed by atoms with E-state index in [1.165, 1.54) is 37.7 Å². The minimum atomic E-state index is 0.288. The van der Waals surface area contributed by atoms with Crippen LogP contribution in [0.1, 0.15) is 44.6 Å². The first-order valence-electron chi connectivity index (χ1n) is 8.10. The van der Waals surface area contributed by atoms with Crippen LogP contribution in [0, 0.1) is 5.41 Å². The van der Waals surface area contributed by atoms with Gasteiger partial charge in [-0.05, 0) is 55.3 Å². The van der Waals surface area contributed by atoms with E-state index in [9.17, 15) is 0 Å². The number of nitrogens with one attached hydrogen (secondary N) is 1. The maximum atomic E-state index is 5.49. The van der Waals surface area contributed by atoms with Crippen molar-refractivity contribution in [3.05, 3.63) is 23.8 Å². The number of rotatable bonds is 6. The summed E-state index contributed by atoms with van der Waals surface area (Å²) in [6, 6.07) is 6.46. The van der Waals surface area contributed by atoms with Gasteiger partial charge >= 0.3 is 0 Å². The van der Waals surface area contributed by atoms with Crippen LogP contribution in [0.2, 0.25) is 0 Å². The minimum Gasteiger partial charge on any atom is -0.493 e. The van der Waals surface area contributed by atoms with Crippen molar-refractivity contribution in [1.29, 1.82) is 0 Å². The number of hydrogen-bond acceptors (Lipinski definition) is 3. The molecule has 0 amide bonds. The van der Waals surface area contributed by atoms with Gasteiger partial charge in [0.15, 0.2) is 11.5 Å². The van der Waals surface area contributed by atoms with Crippen LogP contribution in [0.25, 0.3) is 0 Å². The first kappa shape index (κ1) is 14.7. The molecule has 0 unspecified atom stereocenters. The van der Waals surface area contributed by atoms with Crippen molar-refractivity contribution in [2.75, 3.05) is 27.3 Å². The van der Waals surface area contributed by atoms with Gasteiger partial charge in [0, 0.05) is 12.0 Å². The number of likely N-dealkylation sites (N-methyl/N-ethyl adjacent to an activating group) is 1. The van der Waals surface area contributed by atoms with Gasteiger partial charge in [0.25, 0.3) is 0 Å². The van der Waals surface area contributed by atoms with Crippen molar-refractivity contribution < 1.29 is 9.47 Å². The molecule has 3 heteroatoms. The minimum absolute atomic E-state index is 0.288. The predicted octanol–water partition coefficient (Wildman–Crippen LogP) is 3.52. The fourth-order valence-electron chi connectivity index (χ4n) is 4.38. The number of hydrogen-bond donors (Lipinski definition) is 1. The zero-order valence-electron chi connectivity index (χ0n) is 13.5. The predicted molar refractivity (Wildman–Crippen MR) is 85.3 cm³/mol. The zero-order chi connectivity index (χ0) is 14.9. The molecule has 116 valence electrons. The van der Waals surface area contributed by atoms with E-state index in [4.69, 9.17) is 9.47 Å². The molecule has 3 rings (SSSR count). The molecule has 3 nitrogen and oxygen atoms in total. The van der Waals surface area contributed by atoms with Crippen LogP contribution < -0.4 is 14.8 Å². The second-order valence-electron chi connectivity index (χ2n) is 6.84. The Bertz CT molecular complexity index is 500. The topological polar surface area (TPSA) is 30.5 Å². The van der Waals surface area contributed by atoms with E-state index >= 15 is 0 Å². The largest absolute Gasteiger partial charge is 0.493 e. The van der Waals surface area contributed by atoms with Crippen molar-refractivity contribution >= 4 is 0 Å². The van der Waals surface area contributed by atoms with Gasteiger partial charge in [-0.3, -0.25) is 0 Å². The lowest BCUT2D eigenvalue weighted by Gasteiger charge is -2.61. The van der Waals surface area contributed by atoms with Crippen LogP contribution in [0.4, 0.5) is 0 Å². The molecular formula is C18H27NO2. The molecule has 1 aromatic rings. The third-order valence-corrected chi connectivity index (χ3v) is 5.55. The molecule has 1 spiro atoms. The highest BCUT2D eigenvalue weighted by atomic mass is 16.5. The molecule has 1 N–H and O–H groups in total. The van der Waals surface area contributed by atoms with E-state index in [1.807, 2.05) is 6.07 Å². The van der Waals surface area contributed by atoms with Gasteiger partial charge in [-0.25, -0.2) is 0 Å². The summed E-state index contributed by atoms with van der Waals surface area (Å²) in [6.45, 7) is 4.28. The lowest BCUT2D eigenvalue weighted by Crippen LogP contribution is -2.57. The third kappa shape index (κ3) is 2.42.